The van der Waals surface area contributed by atoms with Gasteiger partial charge in [-0.15, -0.1) is 0 Å². The van der Waals surface area contributed by atoms with E-state index in [1.165, 1.54) is 22.0 Å². The zero-order valence-corrected chi connectivity index (χ0v) is 22.3. The van der Waals surface area contributed by atoms with E-state index in [1.54, 1.807) is 29.1 Å². The maximum Gasteiger partial charge on any atom is 0.334 e. The number of hydrogen-bond donors (Lipinski definition) is 1. The number of rotatable bonds is 8. The van der Waals surface area contributed by atoms with Crippen LogP contribution in [0.1, 0.15) is 22.7 Å². The average Bonchev–Trinajstić information content (AvgIpc) is 2.96. The van der Waals surface area contributed by atoms with Crippen molar-refractivity contribution in [3.8, 4) is 0 Å². The molecule has 2 atom stereocenters. The molecule has 0 unspecified atom stereocenters. The van der Waals surface area contributed by atoms with Gasteiger partial charge >= 0.3 is 6.03 Å². The van der Waals surface area contributed by atoms with Crippen molar-refractivity contribution in [1.82, 2.24) is 25.1 Å². The van der Waals surface area contributed by atoms with Crippen LogP contribution in [0.25, 0.3) is 0 Å². The number of nitrogens with zero attached hydrogens (tertiary/aromatic N) is 4. The van der Waals surface area contributed by atoms with Crippen LogP contribution in [0, 0.1) is 5.82 Å². The Morgan fingerprint density at radius 1 is 0.950 bits per heavy atom. The largest absolute Gasteiger partial charge is 0.375 e. The summed E-state index contributed by atoms with van der Waals surface area (Å²) in [5, 5.41) is 6.08. The number of hydrogen-bond acceptors (Lipinski definition) is 5. The molecule has 208 valence electrons. The summed E-state index contributed by atoms with van der Waals surface area (Å²) in [5.41, 5.74) is 2.45. The summed E-state index contributed by atoms with van der Waals surface area (Å²) in [6.45, 7) is 1.21. The predicted octanol–water partition coefficient (Wildman–Crippen LogP) is 3.15. The third-order valence-electron chi connectivity index (χ3n) is 7.13. The number of likely N-dealkylation sites (N-methyl/N-ethyl adjacent to an activating group) is 1. The van der Waals surface area contributed by atoms with Crippen molar-refractivity contribution in [2.24, 2.45) is 0 Å². The summed E-state index contributed by atoms with van der Waals surface area (Å²) in [7, 11) is 1.70. The first kappa shape index (κ1) is 27.3. The summed E-state index contributed by atoms with van der Waals surface area (Å²) in [4.78, 5) is 43.8. The van der Waals surface area contributed by atoms with Crippen LogP contribution in [0.4, 0.5) is 9.18 Å². The Morgan fingerprint density at radius 3 is 2.33 bits per heavy atom. The molecule has 0 spiro atoms. The highest BCUT2D eigenvalue weighted by molar-refractivity contribution is 5.92. The van der Waals surface area contributed by atoms with Gasteiger partial charge in [0.2, 0.25) is 11.8 Å². The van der Waals surface area contributed by atoms with Gasteiger partial charge in [0, 0.05) is 20.1 Å². The molecule has 3 aromatic carbocycles. The Morgan fingerprint density at radius 2 is 1.62 bits per heavy atom. The highest BCUT2D eigenvalue weighted by atomic mass is 19.1. The van der Waals surface area contributed by atoms with E-state index in [-0.39, 0.29) is 56.5 Å². The molecular formula is C30H32FN5O4. The maximum atomic E-state index is 13.8. The van der Waals surface area contributed by atoms with Gasteiger partial charge in [0.05, 0.1) is 26.3 Å². The number of ether oxygens (including phenoxy) is 1. The van der Waals surface area contributed by atoms with E-state index in [1.807, 2.05) is 60.7 Å². The van der Waals surface area contributed by atoms with Crippen molar-refractivity contribution in [2.45, 2.75) is 25.4 Å². The second-order valence-electron chi connectivity index (χ2n) is 9.86. The molecule has 0 bridgehead atoms. The molecule has 2 aliphatic rings. The van der Waals surface area contributed by atoms with E-state index >= 15 is 0 Å². The Hall–Kier alpha value is -4.28. The van der Waals surface area contributed by atoms with Crippen LogP contribution in [0.15, 0.2) is 84.9 Å². The number of piperazine rings is 1. The monoisotopic (exact) mass is 545 g/mol. The zero-order chi connectivity index (χ0) is 28.1. The van der Waals surface area contributed by atoms with E-state index in [0.29, 0.717) is 12.1 Å². The van der Waals surface area contributed by atoms with Crippen molar-refractivity contribution in [1.29, 1.82) is 0 Å². The smallest absolute Gasteiger partial charge is 0.334 e. The van der Waals surface area contributed by atoms with Crippen molar-refractivity contribution >= 4 is 17.8 Å². The van der Waals surface area contributed by atoms with Crippen LogP contribution in [0.2, 0.25) is 0 Å². The van der Waals surface area contributed by atoms with Crippen LogP contribution >= 0.6 is 0 Å². The highest BCUT2D eigenvalue weighted by Crippen LogP contribution is 2.34. The van der Waals surface area contributed by atoms with Gasteiger partial charge in [-0.25, -0.2) is 19.2 Å². The molecular weight excluding hydrogens is 513 g/mol. The van der Waals surface area contributed by atoms with Crippen LogP contribution in [0.5, 0.6) is 0 Å². The minimum atomic E-state index is -0.873. The number of carbonyl (C=O) groups is 3. The van der Waals surface area contributed by atoms with E-state index in [2.05, 4.69) is 5.32 Å². The van der Waals surface area contributed by atoms with Gasteiger partial charge in [-0.05, 0) is 28.8 Å². The van der Waals surface area contributed by atoms with Crippen molar-refractivity contribution in [3.05, 3.63) is 107 Å². The number of nitrogens with one attached hydrogen (secondary N) is 1. The fourth-order valence-corrected chi connectivity index (χ4v) is 5.16. The van der Waals surface area contributed by atoms with Gasteiger partial charge in [-0.2, -0.15) is 0 Å². The molecule has 1 N–H and O–H groups in total. The molecule has 0 aliphatic carbocycles. The average molecular weight is 546 g/mol. The number of amides is 4. The lowest BCUT2D eigenvalue weighted by Gasteiger charge is -2.54. The molecule has 0 radical (unpaired) electrons. The second kappa shape index (κ2) is 12.3. The minimum Gasteiger partial charge on any atom is -0.375 e. The lowest BCUT2D eigenvalue weighted by molar-refractivity contribution is -0.188. The zero-order valence-electron chi connectivity index (χ0n) is 22.3. The molecule has 2 aliphatic heterocycles. The summed E-state index contributed by atoms with van der Waals surface area (Å²) in [5.74, 6) is -0.770. The lowest BCUT2D eigenvalue weighted by atomic mass is 9.99. The molecule has 2 saturated heterocycles. The number of benzene rings is 3. The van der Waals surface area contributed by atoms with E-state index in [0.717, 1.165) is 11.1 Å². The van der Waals surface area contributed by atoms with Gasteiger partial charge in [-0.3, -0.25) is 9.59 Å². The number of fused-ring (bicyclic) bond motifs is 1. The fourth-order valence-electron chi connectivity index (χ4n) is 5.16. The molecule has 40 heavy (non-hydrogen) atoms. The molecule has 4 amide bonds. The normalized spacial score (nSPS) is 19.5. The standard InChI is InChI=1S/C30H32FN5O4/c1-33-20-27(37)35-26(36(33)30(39)32-18-22-8-4-2-5-9-22)19-34(29(38)28(35)24-10-6-3-7-11-24)16-17-40-21-23-12-14-25(31)15-13-23/h2-15,26,28H,16-21H2,1H3,(H,32,39)/t26-,28-/m0/s1. The quantitative estimate of drug-likeness (QED) is 0.440. The fraction of sp³-hybridized carbons (Fsp3) is 0.300. The van der Waals surface area contributed by atoms with Crippen molar-refractivity contribution in [3.63, 3.8) is 0 Å². The summed E-state index contributed by atoms with van der Waals surface area (Å²) < 4.78 is 19.0. The van der Waals surface area contributed by atoms with Crippen molar-refractivity contribution < 1.29 is 23.5 Å². The van der Waals surface area contributed by atoms with E-state index < -0.39 is 12.2 Å². The van der Waals surface area contributed by atoms with E-state index in [4.69, 9.17) is 4.74 Å². The predicted molar refractivity (Wildman–Crippen MR) is 146 cm³/mol. The van der Waals surface area contributed by atoms with Gasteiger partial charge in [0.1, 0.15) is 18.0 Å². The Kier molecular flexibility index (Phi) is 8.37. The van der Waals surface area contributed by atoms with Crippen molar-refractivity contribution in [2.75, 3.05) is 33.3 Å². The Labute approximate surface area is 232 Å². The Balaban J connectivity index is 1.35. The number of halogens is 1. The van der Waals surface area contributed by atoms with Crippen LogP contribution < -0.4 is 5.32 Å². The molecule has 3 aromatic rings. The molecule has 9 nitrogen and oxygen atoms in total. The van der Waals surface area contributed by atoms with Gasteiger partial charge in [-0.1, -0.05) is 72.8 Å². The second-order valence-corrected chi connectivity index (χ2v) is 9.86. The maximum absolute atomic E-state index is 13.8. The van der Waals surface area contributed by atoms with Crippen LogP contribution in [0.3, 0.4) is 0 Å². The minimum absolute atomic E-state index is 0.0351. The molecule has 0 saturated carbocycles. The number of carbonyl (C=O) groups excluding carboxylic acids is 3. The van der Waals surface area contributed by atoms with Gasteiger partial charge in [0.25, 0.3) is 0 Å². The molecule has 5 rings (SSSR count). The summed E-state index contributed by atoms with van der Waals surface area (Å²) in [6, 6.07) is 23.5. The number of urea groups is 1. The van der Waals surface area contributed by atoms with Crippen LogP contribution in [-0.2, 0) is 27.5 Å². The number of hydrazine groups is 1. The molecule has 2 fully saturated rings. The third-order valence-corrected chi connectivity index (χ3v) is 7.13. The first-order valence-corrected chi connectivity index (χ1v) is 13.2. The molecule has 10 heteroatoms. The van der Waals surface area contributed by atoms with E-state index in [9.17, 15) is 18.8 Å². The molecule has 2 heterocycles. The van der Waals surface area contributed by atoms with Crippen LogP contribution in [-0.4, -0.2) is 77.1 Å². The first-order valence-electron chi connectivity index (χ1n) is 13.2. The highest BCUT2D eigenvalue weighted by Gasteiger charge is 2.51. The third kappa shape index (κ3) is 5.98. The van der Waals surface area contributed by atoms with Gasteiger partial charge < -0.3 is 19.9 Å². The molecule has 0 aromatic heterocycles. The SMILES string of the molecule is CN1CC(=O)N2[C@@H](c3ccccc3)C(=O)N(CCOCc3ccc(F)cc3)C[C@@H]2N1C(=O)NCc1ccccc1. The lowest BCUT2D eigenvalue weighted by Crippen LogP contribution is -2.73. The van der Waals surface area contributed by atoms with Gasteiger partial charge in [0.15, 0.2) is 0 Å². The summed E-state index contributed by atoms with van der Waals surface area (Å²) >= 11 is 0. The topological polar surface area (TPSA) is 85.4 Å². The first-order chi connectivity index (χ1) is 19.4. The summed E-state index contributed by atoms with van der Waals surface area (Å²) in [6.07, 6.45) is -0.706. The Bertz CT molecular complexity index is 1320.